The number of hydrogen-bond donors (Lipinski definition) is 0. The topological polar surface area (TPSA) is 18.5 Å². The van der Waals surface area contributed by atoms with Gasteiger partial charge in [-0.05, 0) is 43.9 Å². The van der Waals surface area contributed by atoms with Gasteiger partial charge in [-0.3, -0.25) is 0 Å². The van der Waals surface area contributed by atoms with Crippen molar-refractivity contribution in [3.05, 3.63) is 35.1 Å². The number of ether oxygens (including phenoxy) is 2. The van der Waals surface area contributed by atoms with Crippen LogP contribution in [0.4, 0.5) is 4.39 Å². The van der Waals surface area contributed by atoms with Crippen LogP contribution in [0, 0.1) is 24.6 Å². The molecule has 1 saturated heterocycles. The van der Waals surface area contributed by atoms with E-state index in [4.69, 9.17) is 9.47 Å². The molecule has 1 unspecified atom stereocenters. The van der Waals surface area contributed by atoms with E-state index < -0.39 is 0 Å². The van der Waals surface area contributed by atoms with Crippen LogP contribution in [0.15, 0.2) is 18.2 Å². The average molecular weight is 248 g/mol. The summed E-state index contributed by atoms with van der Waals surface area (Å²) in [6.07, 6.45) is 3.05. The van der Waals surface area contributed by atoms with E-state index in [2.05, 4.69) is 11.8 Å². The van der Waals surface area contributed by atoms with Crippen molar-refractivity contribution in [2.75, 3.05) is 13.2 Å². The molecule has 0 aliphatic carbocycles. The Morgan fingerprint density at radius 3 is 3.11 bits per heavy atom. The maximum Gasteiger partial charge on any atom is 0.158 e. The number of rotatable bonds is 2. The third-order valence-corrected chi connectivity index (χ3v) is 2.90. The number of halogens is 1. The Bertz CT molecular complexity index is 453. The summed E-state index contributed by atoms with van der Waals surface area (Å²) in [5, 5.41) is 0. The van der Waals surface area contributed by atoms with Crippen molar-refractivity contribution in [2.45, 2.75) is 32.5 Å². The molecule has 0 amide bonds. The summed E-state index contributed by atoms with van der Waals surface area (Å²) in [6.45, 7) is 3.00. The zero-order valence-corrected chi connectivity index (χ0v) is 10.5. The number of benzene rings is 1. The van der Waals surface area contributed by atoms with Crippen molar-refractivity contribution < 1.29 is 13.9 Å². The van der Waals surface area contributed by atoms with Crippen LogP contribution in [-0.4, -0.2) is 19.5 Å². The van der Waals surface area contributed by atoms with Crippen LogP contribution in [0.25, 0.3) is 0 Å². The zero-order chi connectivity index (χ0) is 12.8. The first-order valence-electron chi connectivity index (χ1n) is 6.24. The van der Waals surface area contributed by atoms with E-state index in [0.29, 0.717) is 12.2 Å². The van der Waals surface area contributed by atoms with Crippen LogP contribution in [0.3, 0.4) is 0 Å². The zero-order valence-electron chi connectivity index (χ0n) is 10.5. The minimum absolute atomic E-state index is 0.123. The van der Waals surface area contributed by atoms with E-state index >= 15 is 0 Å². The fraction of sp³-hybridized carbons (Fsp3) is 0.467. The lowest BCUT2D eigenvalue weighted by Crippen LogP contribution is -2.22. The van der Waals surface area contributed by atoms with Gasteiger partial charge < -0.3 is 9.47 Å². The van der Waals surface area contributed by atoms with Crippen molar-refractivity contribution >= 4 is 0 Å². The van der Waals surface area contributed by atoms with Crippen molar-refractivity contribution in [2.24, 2.45) is 0 Å². The van der Waals surface area contributed by atoms with Gasteiger partial charge in [0.15, 0.2) is 6.29 Å². The predicted octanol–water partition coefficient (Wildman–Crippen LogP) is 3.03. The number of aryl methyl sites for hydroxylation is 1. The monoisotopic (exact) mass is 248 g/mol. The highest BCUT2D eigenvalue weighted by atomic mass is 19.1. The van der Waals surface area contributed by atoms with Gasteiger partial charge in [0.2, 0.25) is 0 Å². The van der Waals surface area contributed by atoms with Crippen molar-refractivity contribution in [1.29, 1.82) is 0 Å². The van der Waals surface area contributed by atoms with E-state index in [0.717, 1.165) is 31.4 Å². The van der Waals surface area contributed by atoms with Crippen LogP contribution in [0.2, 0.25) is 0 Å². The molecule has 2 rings (SSSR count). The van der Waals surface area contributed by atoms with Crippen LogP contribution in [0.5, 0.6) is 0 Å². The van der Waals surface area contributed by atoms with E-state index in [9.17, 15) is 4.39 Å². The minimum atomic E-state index is -0.263. The van der Waals surface area contributed by atoms with Crippen LogP contribution in [0.1, 0.15) is 30.4 Å². The Morgan fingerprint density at radius 1 is 1.44 bits per heavy atom. The van der Waals surface area contributed by atoms with Gasteiger partial charge in [0.25, 0.3) is 0 Å². The summed E-state index contributed by atoms with van der Waals surface area (Å²) in [7, 11) is 0. The molecule has 1 aromatic carbocycles. The fourth-order valence-corrected chi connectivity index (χ4v) is 1.84. The fourth-order valence-electron chi connectivity index (χ4n) is 1.84. The van der Waals surface area contributed by atoms with Gasteiger partial charge in [-0.15, -0.1) is 0 Å². The van der Waals surface area contributed by atoms with Gasteiger partial charge in [-0.2, -0.15) is 0 Å². The lowest BCUT2D eigenvalue weighted by atomic mass is 10.1. The molecule has 1 fully saturated rings. The normalized spacial score (nSPS) is 19.1. The summed E-state index contributed by atoms with van der Waals surface area (Å²) in [5.74, 6) is 5.56. The molecule has 1 heterocycles. The van der Waals surface area contributed by atoms with Gasteiger partial charge in [0.1, 0.15) is 12.4 Å². The summed E-state index contributed by atoms with van der Waals surface area (Å²) in [5.41, 5.74) is 1.68. The van der Waals surface area contributed by atoms with E-state index in [1.54, 1.807) is 6.07 Å². The highest BCUT2D eigenvalue weighted by Crippen LogP contribution is 2.13. The Hall–Kier alpha value is -1.37. The van der Waals surface area contributed by atoms with Crippen LogP contribution in [-0.2, 0) is 9.47 Å². The van der Waals surface area contributed by atoms with Gasteiger partial charge in [0.05, 0.1) is 0 Å². The molecule has 1 aromatic rings. The molecule has 0 N–H and O–H groups in total. The first-order valence-corrected chi connectivity index (χ1v) is 6.24. The molecule has 0 bridgehead atoms. The molecule has 96 valence electrons. The second-order valence-electron chi connectivity index (χ2n) is 4.37. The Balaban J connectivity index is 1.85. The summed E-state index contributed by atoms with van der Waals surface area (Å²) < 4.78 is 23.9. The third-order valence-electron chi connectivity index (χ3n) is 2.90. The summed E-state index contributed by atoms with van der Waals surface area (Å²) >= 11 is 0. The third kappa shape index (κ3) is 3.83. The Labute approximate surface area is 107 Å². The highest BCUT2D eigenvalue weighted by Gasteiger charge is 2.12. The average Bonchev–Trinajstić information content (AvgIpc) is 2.40. The van der Waals surface area contributed by atoms with Crippen LogP contribution >= 0.6 is 0 Å². The quantitative estimate of drug-likeness (QED) is 0.749. The summed E-state index contributed by atoms with van der Waals surface area (Å²) in [4.78, 5) is 0. The Kier molecular flexibility index (Phi) is 4.74. The molecule has 1 aliphatic heterocycles. The maximum absolute atomic E-state index is 13.0. The van der Waals surface area contributed by atoms with Crippen LogP contribution < -0.4 is 0 Å². The molecule has 0 radical (unpaired) electrons. The molecular formula is C15H17FO2. The number of hydrogen-bond acceptors (Lipinski definition) is 2. The highest BCUT2D eigenvalue weighted by molar-refractivity contribution is 5.40. The second-order valence-corrected chi connectivity index (χ2v) is 4.37. The molecule has 1 atom stereocenters. The first kappa shape index (κ1) is 13.1. The molecular weight excluding hydrogens is 231 g/mol. The SMILES string of the molecule is Cc1ccc(F)cc1C#CCOC1CCCCO1. The molecule has 1 aliphatic rings. The largest absolute Gasteiger partial charge is 0.353 e. The second kappa shape index (κ2) is 6.53. The molecule has 2 nitrogen and oxygen atoms in total. The maximum atomic E-state index is 13.0. The van der Waals surface area contributed by atoms with Gasteiger partial charge in [0, 0.05) is 12.2 Å². The minimum Gasteiger partial charge on any atom is -0.353 e. The first-order chi connectivity index (χ1) is 8.75. The lowest BCUT2D eigenvalue weighted by Gasteiger charge is -2.21. The smallest absolute Gasteiger partial charge is 0.158 e. The van der Waals surface area contributed by atoms with Gasteiger partial charge in [-0.25, -0.2) is 4.39 Å². The van der Waals surface area contributed by atoms with E-state index in [1.165, 1.54) is 12.1 Å². The van der Waals surface area contributed by atoms with Crippen molar-refractivity contribution in [1.82, 2.24) is 0 Å². The van der Waals surface area contributed by atoms with Gasteiger partial charge in [-0.1, -0.05) is 17.9 Å². The lowest BCUT2D eigenvalue weighted by molar-refractivity contribution is -0.154. The van der Waals surface area contributed by atoms with Crippen molar-refractivity contribution in [3.63, 3.8) is 0 Å². The predicted molar refractivity (Wildman–Crippen MR) is 67.6 cm³/mol. The summed E-state index contributed by atoms with van der Waals surface area (Å²) in [6, 6.07) is 4.61. The molecule has 0 saturated carbocycles. The van der Waals surface area contributed by atoms with E-state index in [1.807, 2.05) is 6.92 Å². The molecule has 0 spiro atoms. The van der Waals surface area contributed by atoms with E-state index in [-0.39, 0.29) is 12.1 Å². The molecule has 3 heteroatoms. The Morgan fingerprint density at radius 2 is 2.33 bits per heavy atom. The molecule has 18 heavy (non-hydrogen) atoms. The van der Waals surface area contributed by atoms with Crippen molar-refractivity contribution in [3.8, 4) is 11.8 Å². The molecule has 0 aromatic heterocycles. The van der Waals surface area contributed by atoms with Gasteiger partial charge >= 0.3 is 0 Å². The standard InChI is InChI=1S/C15H17FO2/c1-12-7-8-14(16)11-13(12)5-4-10-18-15-6-2-3-9-17-15/h7-8,11,15H,2-3,6,9-10H2,1H3.